The molecule has 1 heterocycles. The molecule has 4 rings (SSSR count). The molecule has 0 saturated carbocycles. The van der Waals surface area contributed by atoms with Crippen LogP contribution < -0.4 is 10.2 Å². The zero-order valence-corrected chi connectivity index (χ0v) is 17.6. The number of carbonyl (C=O) groups excluding carboxylic acids is 2. The Morgan fingerprint density at radius 2 is 1.23 bits per heavy atom. The summed E-state index contributed by atoms with van der Waals surface area (Å²) < 4.78 is 0. The molecule has 3 aromatic carbocycles. The van der Waals surface area contributed by atoms with Gasteiger partial charge in [0.15, 0.2) is 0 Å². The van der Waals surface area contributed by atoms with E-state index in [-0.39, 0.29) is 11.8 Å². The number of hydrogen-bond donors (Lipinski definition) is 1. The number of anilines is 2. The molecule has 30 heavy (non-hydrogen) atoms. The van der Waals surface area contributed by atoms with Gasteiger partial charge in [0.05, 0.1) is 11.3 Å². The van der Waals surface area contributed by atoms with E-state index in [1.54, 1.807) is 0 Å². The Hall–Kier alpha value is -3.66. The van der Waals surface area contributed by atoms with Crippen LogP contribution >= 0.6 is 0 Å². The number of rotatable bonds is 4. The maximum atomic E-state index is 13.5. The third kappa shape index (κ3) is 3.52. The molecule has 1 aliphatic rings. The second kappa shape index (κ2) is 7.64. The van der Waals surface area contributed by atoms with Crippen LogP contribution in [0.15, 0.2) is 72.4 Å². The lowest BCUT2D eigenvalue weighted by atomic mass is 10.0. The standard InChI is InChI=1S/C26H24N2O2/c1-16-6-11-20(12-7-16)23-24(27-21-13-8-17(2)9-14-21)26(30)28(25(23)29)22-15-18(3)5-10-19(22)4/h5-15,27H,1-4H3. The molecule has 3 aromatic rings. The van der Waals surface area contributed by atoms with Gasteiger partial charge >= 0.3 is 0 Å². The average molecular weight is 396 g/mol. The summed E-state index contributed by atoms with van der Waals surface area (Å²) in [4.78, 5) is 28.3. The van der Waals surface area contributed by atoms with Gasteiger partial charge < -0.3 is 5.32 Å². The molecule has 0 spiro atoms. The van der Waals surface area contributed by atoms with Gasteiger partial charge in [-0.05, 0) is 62.6 Å². The molecule has 1 N–H and O–H groups in total. The Morgan fingerprint density at radius 3 is 1.87 bits per heavy atom. The third-order valence-corrected chi connectivity index (χ3v) is 5.35. The average Bonchev–Trinajstić information content (AvgIpc) is 2.96. The van der Waals surface area contributed by atoms with Crippen LogP contribution in [0.3, 0.4) is 0 Å². The third-order valence-electron chi connectivity index (χ3n) is 5.35. The number of amides is 2. The van der Waals surface area contributed by atoms with E-state index in [0.717, 1.165) is 33.5 Å². The molecule has 4 nitrogen and oxygen atoms in total. The molecule has 0 radical (unpaired) electrons. The van der Waals surface area contributed by atoms with Gasteiger partial charge in [0.1, 0.15) is 5.70 Å². The highest BCUT2D eigenvalue weighted by Crippen LogP contribution is 2.35. The Morgan fingerprint density at radius 1 is 0.667 bits per heavy atom. The first kappa shape index (κ1) is 19.6. The summed E-state index contributed by atoms with van der Waals surface area (Å²) in [5.74, 6) is -0.656. The van der Waals surface area contributed by atoms with E-state index < -0.39 is 0 Å². The fraction of sp³-hybridized carbons (Fsp3) is 0.154. The molecule has 4 heteroatoms. The first-order chi connectivity index (χ1) is 14.3. The smallest absolute Gasteiger partial charge is 0.282 e. The lowest BCUT2D eigenvalue weighted by Gasteiger charge is -2.18. The summed E-state index contributed by atoms with van der Waals surface area (Å²) in [5.41, 5.74) is 6.89. The van der Waals surface area contributed by atoms with E-state index >= 15 is 0 Å². The van der Waals surface area contributed by atoms with Gasteiger partial charge in [-0.1, -0.05) is 59.7 Å². The number of benzene rings is 3. The second-order valence-corrected chi connectivity index (χ2v) is 7.84. The Labute approximate surface area is 176 Å². The van der Waals surface area contributed by atoms with Crippen molar-refractivity contribution in [3.8, 4) is 0 Å². The molecule has 0 saturated heterocycles. The van der Waals surface area contributed by atoms with Crippen LogP contribution in [-0.4, -0.2) is 11.8 Å². The van der Waals surface area contributed by atoms with Gasteiger partial charge in [0.25, 0.3) is 11.8 Å². The molecule has 0 fully saturated rings. The number of carbonyl (C=O) groups is 2. The Balaban J connectivity index is 1.84. The maximum absolute atomic E-state index is 13.5. The molecule has 1 aliphatic heterocycles. The minimum Gasteiger partial charge on any atom is -0.350 e. The van der Waals surface area contributed by atoms with Gasteiger partial charge in [-0.3, -0.25) is 9.59 Å². The quantitative estimate of drug-likeness (QED) is 0.608. The highest BCUT2D eigenvalue weighted by atomic mass is 16.2. The zero-order valence-electron chi connectivity index (χ0n) is 17.6. The Bertz CT molecular complexity index is 1170. The topological polar surface area (TPSA) is 49.4 Å². The zero-order chi connectivity index (χ0) is 21.4. The summed E-state index contributed by atoms with van der Waals surface area (Å²) in [6.07, 6.45) is 0. The van der Waals surface area contributed by atoms with Crippen molar-refractivity contribution in [2.24, 2.45) is 0 Å². The number of hydrogen-bond acceptors (Lipinski definition) is 3. The van der Waals surface area contributed by atoms with Crippen LogP contribution in [0, 0.1) is 27.7 Å². The van der Waals surface area contributed by atoms with E-state index in [4.69, 9.17) is 0 Å². The van der Waals surface area contributed by atoms with Gasteiger partial charge in [0, 0.05) is 5.69 Å². The molecule has 0 atom stereocenters. The number of nitrogens with one attached hydrogen (secondary N) is 1. The summed E-state index contributed by atoms with van der Waals surface area (Å²) in [6.45, 7) is 7.86. The van der Waals surface area contributed by atoms with Crippen LogP contribution in [0.4, 0.5) is 11.4 Å². The SMILES string of the molecule is Cc1ccc(NC2=C(c3ccc(C)cc3)C(=O)N(c3cc(C)ccc3C)C2=O)cc1. The Kier molecular flexibility index (Phi) is 5.00. The molecule has 0 aliphatic carbocycles. The van der Waals surface area contributed by atoms with E-state index in [1.807, 2.05) is 94.4 Å². The molecule has 0 bridgehead atoms. The van der Waals surface area contributed by atoms with Crippen molar-refractivity contribution in [2.75, 3.05) is 10.2 Å². The van der Waals surface area contributed by atoms with Crippen molar-refractivity contribution < 1.29 is 9.59 Å². The molecular formula is C26H24N2O2. The van der Waals surface area contributed by atoms with Crippen LogP contribution in [0.25, 0.3) is 5.57 Å². The highest BCUT2D eigenvalue weighted by molar-refractivity contribution is 6.46. The van der Waals surface area contributed by atoms with Crippen LogP contribution in [-0.2, 0) is 9.59 Å². The van der Waals surface area contributed by atoms with E-state index in [9.17, 15) is 9.59 Å². The number of imide groups is 1. The van der Waals surface area contributed by atoms with Crippen molar-refractivity contribution in [1.29, 1.82) is 0 Å². The van der Waals surface area contributed by atoms with Gasteiger partial charge in [-0.25, -0.2) is 4.90 Å². The van der Waals surface area contributed by atoms with Crippen LogP contribution in [0.2, 0.25) is 0 Å². The predicted molar refractivity (Wildman–Crippen MR) is 121 cm³/mol. The highest BCUT2D eigenvalue weighted by Gasteiger charge is 2.40. The predicted octanol–water partition coefficient (Wildman–Crippen LogP) is 5.32. The fourth-order valence-corrected chi connectivity index (χ4v) is 3.59. The summed E-state index contributed by atoms with van der Waals surface area (Å²) in [5, 5.41) is 3.21. The molecule has 0 aromatic heterocycles. The lowest BCUT2D eigenvalue weighted by molar-refractivity contribution is -0.120. The number of nitrogens with zero attached hydrogens (tertiary/aromatic N) is 1. The molecule has 150 valence electrons. The first-order valence-corrected chi connectivity index (χ1v) is 9.96. The van der Waals surface area contributed by atoms with Gasteiger partial charge in [-0.2, -0.15) is 0 Å². The van der Waals surface area contributed by atoms with Gasteiger partial charge in [-0.15, -0.1) is 0 Å². The van der Waals surface area contributed by atoms with E-state index in [2.05, 4.69) is 5.32 Å². The van der Waals surface area contributed by atoms with E-state index in [1.165, 1.54) is 4.90 Å². The van der Waals surface area contributed by atoms with E-state index in [0.29, 0.717) is 17.0 Å². The molecule has 2 amide bonds. The minimum absolute atomic E-state index is 0.300. The molecule has 0 unspecified atom stereocenters. The minimum atomic E-state index is -0.343. The van der Waals surface area contributed by atoms with Crippen molar-refractivity contribution >= 4 is 28.8 Å². The monoisotopic (exact) mass is 396 g/mol. The van der Waals surface area contributed by atoms with Crippen molar-refractivity contribution in [1.82, 2.24) is 0 Å². The first-order valence-electron chi connectivity index (χ1n) is 9.96. The normalized spacial score (nSPS) is 13.9. The van der Waals surface area contributed by atoms with Gasteiger partial charge in [0.2, 0.25) is 0 Å². The lowest BCUT2D eigenvalue weighted by Crippen LogP contribution is -2.33. The van der Waals surface area contributed by atoms with Crippen LogP contribution in [0.5, 0.6) is 0 Å². The summed E-state index contributed by atoms with van der Waals surface area (Å²) in [6, 6.07) is 21.2. The van der Waals surface area contributed by atoms with Crippen LogP contribution in [0.1, 0.15) is 27.8 Å². The second-order valence-electron chi connectivity index (χ2n) is 7.84. The van der Waals surface area contributed by atoms with Crippen molar-refractivity contribution in [3.63, 3.8) is 0 Å². The largest absolute Gasteiger partial charge is 0.350 e. The van der Waals surface area contributed by atoms with Crippen molar-refractivity contribution in [3.05, 3.63) is 100 Å². The van der Waals surface area contributed by atoms with Crippen molar-refractivity contribution in [2.45, 2.75) is 27.7 Å². The fourth-order valence-electron chi connectivity index (χ4n) is 3.59. The summed E-state index contributed by atoms with van der Waals surface area (Å²) in [7, 11) is 0. The molecular weight excluding hydrogens is 372 g/mol. The maximum Gasteiger partial charge on any atom is 0.282 e. The number of aryl methyl sites for hydroxylation is 4. The summed E-state index contributed by atoms with van der Waals surface area (Å²) >= 11 is 0.